The van der Waals surface area contributed by atoms with Crippen molar-refractivity contribution in [3.63, 3.8) is 0 Å². The van der Waals surface area contributed by atoms with Crippen LogP contribution in [0, 0.1) is 0 Å². The summed E-state index contributed by atoms with van der Waals surface area (Å²) in [5.74, 6) is 0.122. The molecule has 1 fully saturated rings. The van der Waals surface area contributed by atoms with Crippen molar-refractivity contribution in [1.82, 2.24) is 10.6 Å². The second-order valence-electron chi connectivity index (χ2n) is 5.11. The van der Waals surface area contributed by atoms with E-state index in [0.29, 0.717) is 23.7 Å². The van der Waals surface area contributed by atoms with Crippen LogP contribution in [-0.4, -0.2) is 54.1 Å². The monoisotopic (exact) mass is 348 g/mol. The van der Waals surface area contributed by atoms with Gasteiger partial charge in [-0.1, -0.05) is 29.3 Å². The largest absolute Gasteiger partial charge is 0.489 e. The highest BCUT2D eigenvalue weighted by Crippen LogP contribution is 2.31. The minimum Gasteiger partial charge on any atom is -0.489 e. The number of benzene rings is 1. The van der Waals surface area contributed by atoms with Crippen LogP contribution < -0.4 is 15.4 Å². The maximum Gasteiger partial charge on any atom is 0.237 e. The van der Waals surface area contributed by atoms with Crippen LogP contribution in [0.25, 0.3) is 0 Å². The van der Waals surface area contributed by atoms with E-state index in [2.05, 4.69) is 10.6 Å². The van der Waals surface area contributed by atoms with E-state index in [0.717, 1.165) is 0 Å². The van der Waals surface area contributed by atoms with Gasteiger partial charge in [0.25, 0.3) is 0 Å². The molecule has 0 bridgehead atoms. The Balaban J connectivity index is 1.73. The molecule has 0 saturated carbocycles. The Labute approximate surface area is 138 Å². The lowest BCUT2D eigenvalue weighted by Gasteiger charge is -2.16. The Kier molecular flexibility index (Phi) is 6.28. The van der Waals surface area contributed by atoms with Gasteiger partial charge in [0.1, 0.15) is 23.5 Å². The van der Waals surface area contributed by atoms with Crippen LogP contribution in [0.4, 0.5) is 0 Å². The van der Waals surface area contributed by atoms with Gasteiger partial charge in [0.15, 0.2) is 0 Å². The third kappa shape index (κ3) is 4.72. The van der Waals surface area contributed by atoms with E-state index in [1.807, 2.05) is 0 Å². The molecule has 1 amide bonds. The molecule has 0 aromatic heterocycles. The van der Waals surface area contributed by atoms with Crippen LogP contribution in [0.3, 0.4) is 0 Å². The van der Waals surface area contributed by atoms with Crippen LogP contribution in [0.5, 0.6) is 5.75 Å². The smallest absolute Gasteiger partial charge is 0.237 e. The molecule has 1 heterocycles. The summed E-state index contributed by atoms with van der Waals surface area (Å²) in [5, 5.41) is 25.3. The molecule has 22 heavy (non-hydrogen) atoms. The van der Waals surface area contributed by atoms with Crippen LogP contribution >= 0.6 is 23.2 Å². The number of β-amino-alcohol motifs (C(OH)–C–C–N with tert-alkyl or cyclic N) is 1. The number of amides is 1. The summed E-state index contributed by atoms with van der Waals surface area (Å²) in [4.78, 5) is 11.8. The summed E-state index contributed by atoms with van der Waals surface area (Å²) in [6.07, 6.45) is -1.02. The Hall–Kier alpha value is -1.05. The average molecular weight is 349 g/mol. The molecule has 0 radical (unpaired) electrons. The first kappa shape index (κ1) is 17.3. The molecule has 1 saturated heterocycles. The third-order valence-corrected chi connectivity index (χ3v) is 4.09. The molecule has 8 heteroatoms. The maximum absolute atomic E-state index is 11.8. The number of aliphatic hydroxyl groups excluding tert-OH is 2. The van der Waals surface area contributed by atoms with Gasteiger partial charge in [-0.2, -0.15) is 0 Å². The molecule has 3 atom stereocenters. The van der Waals surface area contributed by atoms with Crippen molar-refractivity contribution in [2.45, 2.75) is 24.7 Å². The lowest BCUT2D eigenvalue weighted by Crippen LogP contribution is -2.44. The Morgan fingerprint density at radius 1 is 1.50 bits per heavy atom. The zero-order valence-electron chi connectivity index (χ0n) is 11.8. The van der Waals surface area contributed by atoms with Crippen LogP contribution in [-0.2, 0) is 4.79 Å². The standard InChI is InChI=1S/C14H18Cl2N2O4/c15-10-2-1-3-12(13(10)16)22-7-9(20)6-18-14(21)11-4-8(19)5-17-11/h1-3,8-9,11,17,19-20H,4-7H2,(H,18,21). The predicted molar refractivity (Wildman–Crippen MR) is 83.4 cm³/mol. The molecule has 0 spiro atoms. The summed E-state index contributed by atoms with van der Waals surface area (Å²) >= 11 is 11.8. The predicted octanol–water partition coefficient (Wildman–Crippen LogP) is 0.572. The number of ether oxygens (including phenoxy) is 1. The fourth-order valence-electron chi connectivity index (χ4n) is 2.10. The molecular formula is C14H18Cl2N2O4. The highest BCUT2D eigenvalue weighted by Gasteiger charge is 2.28. The number of nitrogens with one attached hydrogen (secondary N) is 2. The first-order valence-electron chi connectivity index (χ1n) is 6.91. The quantitative estimate of drug-likeness (QED) is 0.603. The molecule has 3 unspecified atom stereocenters. The van der Waals surface area contributed by atoms with Gasteiger partial charge >= 0.3 is 0 Å². The molecule has 2 rings (SSSR count). The van der Waals surface area contributed by atoms with E-state index in [1.54, 1.807) is 18.2 Å². The summed E-state index contributed by atoms with van der Waals surface area (Å²) in [6, 6.07) is 4.54. The van der Waals surface area contributed by atoms with Crippen LogP contribution in [0.15, 0.2) is 18.2 Å². The third-order valence-electron chi connectivity index (χ3n) is 3.28. The second kappa shape index (κ2) is 7.99. The fourth-order valence-corrected chi connectivity index (χ4v) is 2.45. The Morgan fingerprint density at radius 3 is 2.95 bits per heavy atom. The first-order valence-corrected chi connectivity index (χ1v) is 7.67. The molecule has 4 N–H and O–H groups in total. The number of rotatable bonds is 6. The molecule has 122 valence electrons. The van der Waals surface area contributed by atoms with Gasteiger partial charge < -0.3 is 25.6 Å². The SMILES string of the molecule is O=C(NCC(O)COc1cccc(Cl)c1Cl)C1CC(O)CN1. The molecule has 1 aliphatic rings. The van der Waals surface area contributed by atoms with Crippen molar-refractivity contribution in [3.05, 3.63) is 28.2 Å². The number of halogens is 2. The van der Waals surface area contributed by atoms with E-state index < -0.39 is 18.2 Å². The van der Waals surface area contributed by atoms with E-state index in [9.17, 15) is 15.0 Å². The normalized spacial score (nSPS) is 22.4. The molecule has 1 aliphatic heterocycles. The van der Waals surface area contributed by atoms with Crippen molar-refractivity contribution in [2.24, 2.45) is 0 Å². The van der Waals surface area contributed by atoms with Crippen molar-refractivity contribution in [3.8, 4) is 5.75 Å². The van der Waals surface area contributed by atoms with E-state index in [4.69, 9.17) is 27.9 Å². The van der Waals surface area contributed by atoms with Crippen molar-refractivity contribution >= 4 is 29.1 Å². The Morgan fingerprint density at radius 2 is 2.27 bits per heavy atom. The van der Waals surface area contributed by atoms with Gasteiger partial charge in [-0.05, 0) is 18.6 Å². The summed E-state index contributed by atoms with van der Waals surface area (Å²) in [6.45, 7) is 0.420. The van der Waals surface area contributed by atoms with Gasteiger partial charge in [0.2, 0.25) is 5.91 Å². The zero-order chi connectivity index (χ0) is 16.1. The zero-order valence-corrected chi connectivity index (χ0v) is 13.3. The number of carbonyl (C=O) groups is 1. The summed E-state index contributed by atoms with van der Waals surface area (Å²) in [7, 11) is 0. The molecular weight excluding hydrogens is 331 g/mol. The van der Waals surface area contributed by atoms with Gasteiger partial charge in [0.05, 0.1) is 17.2 Å². The average Bonchev–Trinajstić information content (AvgIpc) is 2.93. The molecule has 1 aromatic carbocycles. The van der Waals surface area contributed by atoms with Crippen LogP contribution in [0.2, 0.25) is 10.0 Å². The first-order chi connectivity index (χ1) is 10.5. The highest BCUT2D eigenvalue weighted by molar-refractivity contribution is 6.42. The number of hydrogen-bond acceptors (Lipinski definition) is 5. The van der Waals surface area contributed by atoms with Gasteiger partial charge in [-0.15, -0.1) is 0 Å². The minimum absolute atomic E-state index is 0.0267. The van der Waals surface area contributed by atoms with Crippen LogP contribution in [0.1, 0.15) is 6.42 Å². The molecule has 6 nitrogen and oxygen atoms in total. The Bertz CT molecular complexity index is 530. The van der Waals surface area contributed by atoms with E-state index in [-0.39, 0.29) is 24.1 Å². The number of carbonyl (C=O) groups excluding carboxylic acids is 1. The van der Waals surface area contributed by atoms with Gasteiger partial charge in [-0.25, -0.2) is 0 Å². The minimum atomic E-state index is -0.884. The maximum atomic E-state index is 11.8. The molecule has 1 aromatic rings. The number of hydrogen-bond donors (Lipinski definition) is 4. The van der Waals surface area contributed by atoms with E-state index >= 15 is 0 Å². The summed E-state index contributed by atoms with van der Waals surface area (Å²) < 4.78 is 5.38. The topological polar surface area (TPSA) is 90.8 Å². The van der Waals surface area contributed by atoms with Crippen molar-refractivity contribution in [2.75, 3.05) is 19.7 Å². The van der Waals surface area contributed by atoms with Crippen molar-refractivity contribution < 1.29 is 19.7 Å². The van der Waals surface area contributed by atoms with Gasteiger partial charge in [-0.3, -0.25) is 4.79 Å². The van der Waals surface area contributed by atoms with Gasteiger partial charge in [0, 0.05) is 13.1 Å². The fraction of sp³-hybridized carbons (Fsp3) is 0.500. The lowest BCUT2D eigenvalue weighted by molar-refractivity contribution is -0.123. The van der Waals surface area contributed by atoms with Crippen molar-refractivity contribution in [1.29, 1.82) is 0 Å². The lowest BCUT2D eigenvalue weighted by atomic mass is 10.2. The second-order valence-corrected chi connectivity index (χ2v) is 5.90. The highest BCUT2D eigenvalue weighted by atomic mass is 35.5. The molecule has 0 aliphatic carbocycles. The summed E-state index contributed by atoms with van der Waals surface area (Å²) in [5.41, 5.74) is 0. The van der Waals surface area contributed by atoms with E-state index in [1.165, 1.54) is 0 Å². The number of aliphatic hydroxyl groups is 2.